The molecule has 0 spiro atoms. The molecular formula is C19H35N5O2S. The minimum atomic E-state index is -3.31. The van der Waals surface area contributed by atoms with Crippen LogP contribution >= 0.6 is 0 Å². The van der Waals surface area contributed by atoms with Crippen LogP contribution in [0.5, 0.6) is 0 Å². The molecular weight excluding hydrogens is 362 g/mol. The summed E-state index contributed by atoms with van der Waals surface area (Å²) in [5.74, 6) is 0.699. The third-order valence-electron chi connectivity index (χ3n) is 4.19. The van der Waals surface area contributed by atoms with Gasteiger partial charge in [0.15, 0.2) is 5.96 Å². The molecule has 0 atom stereocenters. The second-order valence-electron chi connectivity index (χ2n) is 7.16. The number of rotatable bonds is 10. The number of benzene rings is 1. The summed E-state index contributed by atoms with van der Waals surface area (Å²) in [5.41, 5.74) is 1.43. The summed E-state index contributed by atoms with van der Waals surface area (Å²) in [6.07, 6.45) is 2.17. The first-order valence-corrected chi connectivity index (χ1v) is 11.3. The Morgan fingerprint density at radius 3 is 2.30 bits per heavy atom. The van der Waals surface area contributed by atoms with Crippen LogP contribution in [0.3, 0.4) is 0 Å². The molecule has 0 heterocycles. The molecule has 0 aromatic heterocycles. The third kappa shape index (κ3) is 9.10. The van der Waals surface area contributed by atoms with Crippen molar-refractivity contribution in [1.29, 1.82) is 0 Å². The average molecular weight is 398 g/mol. The second-order valence-corrected chi connectivity index (χ2v) is 8.91. The number of para-hydroxylation sites is 1. The highest BCUT2D eigenvalue weighted by atomic mass is 32.2. The zero-order chi connectivity index (χ0) is 20.4. The van der Waals surface area contributed by atoms with Gasteiger partial charge in [0.25, 0.3) is 0 Å². The van der Waals surface area contributed by atoms with Crippen molar-refractivity contribution in [2.75, 3.05) is 31.1 Å². The molecule has 0 unspecified atom stereocenters. The Morgan fingerprint density at radius 1 is 1.11 bits per heavy atom. The van der Waals surface area contributed by atoms with E-state index in [-0.39, 0.29) is 0 Å². The first kappa shape index (κ1) is 23.2. The Morgan fingerprint density at radius 2 is 1.74 bits per heavy atom. The van der Waals surface area contributed by atoms with E-state index in [9.17, 15) is 8.42 Å². The number of nitrogens with zero attached hydrogens (tertiary/aromatic N) is 2. The summed E-state index contributed by atoms with van der Waals surface area (Å²) in [6.45, 7) is 11.2. The van der Waals surface area contributed by atoms with E-state index in [4.69, 9.17) is 0 Å². The standard InChI is InChI=1S/C19H35N5O2S/c1-15(2)24(16(3)4)13-9-12-21-19(20-5)22-14-17-10-7-8-11-18(17)23-27(6,25)26/h7-8,10-11,15-16,23H,9,12-14H2,1-6H3,(H2,20,21,22). The van der Waals surface area contributed by atoms with Gasteiger partial charge in [0, 0.05) is 38.8 Å². The largest absolute Gasteiger partial charge is 0.356 e. The summed E-state index contributed by atoms with van der Waals surface area (Å²) in [4.78, 5) is 6.70. The molecule has 0 saturated heterocycles. The topological polar surface area (TPSA) is 85.8 Å². The molecule has 0 fully saturated rings. The SMILES string of the molecule is CN=C(NCCCN(C(C)C)C(C)C)NCc1ccccc1NS(C)(=O)=O. The maximum Gasteiger partial charge on any atom is 0.229 e. The predicted molar refractivity (Wildman–Crippen MR) is 115 cm³/mol. The van der Waals surface area contributed by atoms with Crippen LogP contribution in [-0.4, -0.2) is 57.8 Å². The predicted octanol–water partition coefficient (Wildman–Crippen LogP) is 2.23. The monoisotopic (exact) mass is 397 g/mol. The molecule has 1 aromatic rings. The molecule has 0 bridgehead atoms. The molecule has 8 heteroatoms. The van der Waals surface area contributed by atoms with Crippen molar-refractivity contribution in [3.05, 3.63) is 29.8 Å². The van der Waals surface area contributed by atoms with Crippen LogP contribution in [0.25, 0.3) is 0 Å². The number of anilines is 1. The maximum absolute atomic E-state index is 11.5. The second kappa shape index (κ2) is 11.1. The molecule has 3 N–H and O–H groups in total. The van der Waals surface area contributed by atoms with Crippen molar-refractivity contribution >= 4 is 21.7 Å². The van der Waals surface area contributed by atoms with Crippen molar-refractivity contribution in [2.45, 2.75) is 52.7 Å². The zero-order valence-corrected chi connectivity index (χ0v) is 18.2. The highest BCUT2D eigenvalue weighted by Gasteiger charge is 2.12. The molecule has 0 aliphatic rings. The van der Waals surface area contributed by atoms with Crippen LogP contribution in [0.2, 0.25) is 0 Å². The first-order chi connectivity index (χ1) is 12.6. The van der Waals surface area contributed by atoms with Crippen LogP contribution in [0, 0.1) is 0 Å². The zero-order valence-electron chi connectivity index (χ0n) is 17.4. The fourth-order valence-electron chi connectivity index (χ4n) is 2.95. The van der Waals surface area contributed by atoms with Gasteiger partial charge in [-0.3, -0.25) is 14.6 Å². The molecule has 154 valence electrons. The average Bonchev–Trinajstić information content (AvgIpc) is 2.56. The summed E-state index contributed by atoms with van der Waals surface area (Å²) >= 11 is 0. The Balaban J connectivity index is 2.52. The van der Waals surface area contributed by atoms with Crippen LogP contribution in [-0.2, 0) is 16.6 Å². The number of hydrogen-bond acceptors (Lipinski definition) is 4. The first-order valence-electron chi connectivity index (χ1n) is 9.40. The Bertz CT molecular complexity index is 694. The normalized spacial score (nSPS) is 12.7. The highest BCUT2D eigenvalue weighted by Crippen LogP contribution is 2.15. The van der Waals surface area contributed by atoms with E-state index in [1.165, 1.54) is 0 Å². The molecule has 7 nitrogen and oxygen atoms in total. The van der Waals surface area contributed by atoms with Gasteiger partial charge in [0.05, 0.1) is 11.9 Å². The van der Waals surface area contributed by atoms with Crippen LogP contribution in [0.4, 0.5) is 5.69 Å². The molecule has 1 aromatic carbocycles. The summed E-state index contributed by atoms with van der Waals surface area (Å²) in [5, 5.41) is 6.55. The minimum Gasteiger partial charge on any atom is -0.356 e. The molecule has 0 amide bonds. The van der Waals surface area contributed by atoms with E-state index in [2.05, 4.69) is 52.9 Å². The summed E-state index contributed by atoms with van der Waals surface area (Å²) < 4.78 is 25.5. The molecule has 0 aliphatic carbocycles. The van der Waals surface area contributed by atoms with Crippen molar-refractivity contribution < 1.29 is 8.42 Å². The van der Waals surface area contributed by atoms with E-state index in [0.717, 1.165) is 31.3 Å². The van der Waals surface area contributed by atoms with Crippen molar-refractivity contribution in [3.8, 4) is 0 Å². The number of sulfonamides is 1. The van der Waals surface area contributed by atoms with Gasteiger partial charge in [-0.25, -0.2) is 8.42 Å². The highest BCUT2D eigenvalue weighted by molar-refractivity contribution is 7.92. The summed E-state index contributed by atoms with van der Waals surface area (Å²) in [7, 11) is -1.59. The lowest BCUT2D eigenvalue weighted by molar-refractivity contribution is 0.173. The quantitative estimate of drug-likeness (QED) is 0.320. The van der Waals surface area contributed by atoms with E-state index < -0.39 is 10.0 Å². The van der Waals surface area contributed by atoms with Gasteiger partial charge in [-0.15, -0.1) is 0 Å². The Kier molecular flexibility index (Phi) is 9.59. The molecule has 0 saturated carbocycles. The van der Waals surface area contributed by atoms with E-state index in [0.29, 0.717) is 30.3 Å². The van der Waals surface area contributed by atoms with Gasteiger partial charge >= 0.3 is 0 Å². The lowest BCUT2D eigenvalue weighted by Gasteiger charge is -2.30. The Hall–Kier alpha value is -1.80. The summed E-state index contributed by atoms with van der Waals surface area (Å²) in [6, 6.07) is 8.38. The lowest BCUT2D eigenvalue weighted by atomic mass is 10.2. The number of hydrogen-bond donors (Lipinski definition) is 3. The Labute approximate surface area is 164 Å². The van der Waals surface area contributed by atoms with E-state index in [1.807, 2.05) is 12.1 Å². The molecule has 0 aliphatic heterocycles. The van der Waals surface area contributed by atoms with Crippen molar-refractivity contribution in [1.82, 2.24) is 15.5 Å². The fourth-order valence-corrected chi connectivity index (χ4v) is 3.55. The van der Waals surface area contributed by atoms with Crippen molar-refractivity contribution in [2.24, 2.45) is 4.99 Å². The van der Waals surface area contributed by atoms with Crippen LogP contribution in [0.15, 0.2) is 29.3 Å². The van der Waals surface area contributed by atoms with Gasteiger partial charge in [-0.2, -0.15) is 0 Å². The van der Waals surface area contributed by atoms with Gasteiger partial charge < -0.3 is 10.6 Å². The smallest absolute Gasteiger partial charge is 0.229 e. The van der Waals surface area contributed by atoms with Crippen molar-refractivity contribution in [3.63, 3.8) is 0 Å². The van der Waals surface area contributed by atoms with E-state index in [1.54, 1.807) is 19.2 Å². The fraction of sp³-hybridized carbons (Fsp3) is 0.632. The van der Waals surface area contributed by atoms with Gasteiger partial charge in [-0.1, -0.05) is 18.2 Å². The number of nitrogens with one attached hydrogen (secondary N) is 3. The molecule has 27 heavy (non-hydrogen) atoms. The van der Waals surface area contributed by atoms with E-state index >= 15 is 0 Å². The van der Waals surface area contributed by atoms with Gasteiger partial charge in [-0.05, 0) is 45.7 Å². The van der Waals surface area contributed by atoms with Gasteiger partial charge in [0.2, 0.25) is 10.0 Å². The molecule has 1 rings (SSSR count). The maximum atomic E-state index is 11.5. The lowest BCUT2D eigenvalue weighted by Crippen LogP contribution is -2.41. The molecule has 0 radical (unpaired) electrons. The third-order valence-corrected chi connectivity index (χ3v) is 4.79. The number of guanidine groups is 1. The van der Waals surface area contributed by atoms with Gasteiger partial charge in [0.1, 0.15) is 0 Å². The number of aliphatic imine (C=N–C) groups is 1. The van der Waals surface area contributed by atoms with Crippen LogP contribution in [0.1, 0.15) is 39.7 Å². The van der Waals surface area contributed by atoms with Crippen LogP contribution < -0.4 is 15.4 Å². The minimum absolute atomic E-state index is 0.475.